The summed E-state index contributed by atoms with van der Waals surface area (Å²) in [5, 5.41) is 0. The van der Waals surface area contributed by atoms with Crippen molar-refractivity contribution in [2.45, 2.75) is 77.4 Å². The van der Waals surface area contributed by atoms with Crippen molar-refractivity contribution in [2.24, 2.45) is 5.92 Å². The molecule has 1 aromatic rings. The van der Waals surface area contributed by atoms with Gasteiger partial charge in [-0.25, -0.2) is 13.2 Å². The molecule has 0 aliphatic heterocycles. The molecule has 5 heteroatoms. The maximum atomic E-state index is 13.6. The third-order valence-electron chi connectivity index (χ3n) is 5.24. The lowest BCUT2D eigenvalue weighted by molar-refractivity contribution is -0.243. The maximum absolute atomic E-state index is 13.6. The van der Waals surface area contributed by atoms with Crippen molar-refractivity contribution in [3.8, 4) is 0 Å². The third kappa shape index (κ3) is 6.27. The Kier molecular flexibility index (Phi) is 10.3. The number of unbranched alkanes of at least 4 members (excludes halogenated alkanes) is 5. The topological polar surface area (TPSA) is 18.5 Å². The van der Waals surface area contributed by atoms with E-state index in [4.69, 9.17) is 9.47 Å². The first-order valence-electron chi connectivity index (χ1n) is 9.67. The fourth-order valence-corrected chi connectivity index (χ4v) is 3.65. The first-order valence-corrected chi connectivity index (χ1v) is 9.67. The van der Waals surface area contributed by atoms with E-state index in [1.165, 1.54) is 25.7 Å². The predicted octanol–water partition coefficient (Wildman–Crippen LogP) is 6.41. The second-order valence-corrected chi connectivity index (χ2v) is 6.90. The maximum Gasteiger partial charge on any atom is 0.194 e. The van der Waals surface area contributed by atoms with Gasteiger partial charge in [0.1, 0.15) is 0 Å². The summed E-state index contributed by atoms with van der Waals surface area (Å²) in [6, 6.07) is 2.14. The van der Waals surface area contributed by atoms with Crippen molar-refractivity contribution in [1.29, 1.82) is 0 Å². The van der Waals surface area contributed by atoms with Crippen LogP contribution in [0.15, 0.2) is 12.1 Å². The first kappa shape index (κ1) is 23.0. The fraction of sp³-hybridized carbons (Fsp3) is 0.714. The number of benzene rings is 1. The van der Waals surface area contributed by atoms with Gasteiger partial charge in [-0.3, -0.25) is 0 Å². The number of methoxy groups -OCH3 is 2. The standard InChI is InChI=1S/C21H33F3O2/c1-5-7-8-9-10-11-12-17(21(6-2,25-3)26-4)13-16-14-18(22)20(24)19(23)15-16/h14-15,17H,5-13H2,1-4H3. The molecular formula is C21H33F3O2. The summed E-state index contributed by atoms with van der Waals surface area (Å²) in [5.41, 5.74) is 0.421. The molecule has 0 saturated heterocycles. The smallest absolute Gasteiger partial charge is 0.194 e. The summed E-state index contributed by atoms with van der Waals surface area (Å²) in [6.45, 7) is 4.15. The van der Waals surface area contributed by atoms with Gasteiger partial charge in [0.05, 0.1) is 0 Å². The minimum atomic E-state index is -1.43. The summed E-state index contributed by atoms with van der Waals surface area (Å²) < 4.78 is 51.7. The van der Waals surface area contributed by atoms with Crippen LogP contribution in [0.5, 0.6) is 0 Å². The van der Waals surface area contributed by atoms with Crippen LogP contribution in [0.2, 0.25) is 0 Å². The SMILES string of the molecule is CCCCCCCCC(Cc1cc(F)c(F)c(F)c1)C(CC)(OC)OC. The molecule has 150 valence electrons. The fourth-order valence-electron chi connectivity index (χ4n) is 3.65. The lowest BCUT2D eigenvalue weighted by atomic mass is 9.84. The molecule has 0 aliphatic carbocycles. The van der Waals surface area contributed by atoms with Gasteiger partial charge < -0.3 is 9.47 Å². The highest BCUT2D eigenvalue weighted by Gasteiger charge is 2.37. The van der Waals surface area contributed by atoms with Gasteiger partial charge in [-0.2, -0.15) is 0 Å². The molecular weight excluding hydrogens is 341 g/mol. The molecule has 0 spiro atoms. The highest BCUT2D eigenvalue weighted by molar-refractivity contribution is 5.20. The molecule has 1 atom stereocenters. The average molecular weight is 374 g/mol. The van der Waals surface area contributed by atoms with Gasteiger partial charge in [-0.15, -0.1) is 0 Å². The molecule has 2 nitrogen and oxygen atoms in total. The van der Waals surface area contributed by atoms with Crippen LogP contribution in [-0.4, -0.2) is 20.0 Å². The number of hydrogen-bond acceptors (Lipinski definition) is 2. The zero-order chi connectivity index (χ0) is 19.6. The van der Waals surface area contributed by atoms with Crippen molar-refractivity contribution in [3.63, 3.8) is 0 Å². The molecule has 0 fully saturated rings. The van der Waals surface area contributed by atoms with Gasteiger partial charge in [-0.05, 0) is 37.0 Å². The number of hydrogen-bond donors (Lipinski definition) is 0. The molecule has 0 amide bonds. The average Bonchev–Trinajstić information content (AvgIpc) is 2.64. The van der Waals surface area contributed by atoms with Crippen LogP contribution in [0.3, 0.4) is 0 Å². The van der Waals surface area contributed by atoms with Gasteiger partial charge in [0.25, 0.3) is 0 Å². The second kappa shape index (κ2) is 11.6. The Bertz CT molecular complexity index is 499. The highest BCUT2D eigenvalue weighted by Crippen LogP contribution is 2.34. The van der Waals surface area contributed by atoms with E-state index in [1.54, 1.807) is 14.2 Å². The van der Waals surface area contributed by atoms with Crippen molar-refractivity contribution >= 4 is 0 Å². The summed E-state index contributed by atoms with van der Waals surface area (Å²) in [5.74, 6) is -4.63. The number of ether oxygens (including phenoxy) is 2. The van der Waals surface area contributed by atoms with Crippen LogP contribution in [0.25, 0.3) is 0 Å². The van der Waals surface area contributed by atoms with Gasteiger partial charge in [-0.1, -0.05) is 52.4 Å². The van der Waals surface area contributed by atoms with Crippen LogP contribution < -0.4 is 0 Å². The van der Waals surface area contributed by atoms with Crippen LogP contribution in [0.1, 0.15) is 70.8 Å². The zero-order valence-electron chi connectivity index (χ0n) is 16.5. The van der Waals surface area contributed by atoms with E-state index in [0.717, 1.165) is 31.4 Å². The van der Waals surface area contributed by atoms with Crippen LogP contribution in [0, 0.1) is 23.4 Å². The Labute approximate surface area is 156 Å². The summed E-state index contributed by atoms with van der Waals surface area (Å²) >= 11 is 0. The van der Waals surface area contributed by atoms with Crippen LogP contribution in [-0.2, 0) is 15.9 Å². The summed E-state index contributed by atoms with van der Waals surface area (Å²) in [4.78, 5) is 0. The normalized spacial score (nSPS) is 13.2. The molecule has 1 rings (SSSR count). The van der Waals surface area contributed by atoms with E-state index >= 15 is 0 Å². The van der Waals surface area contributed by atoms with Gasteiger partial charge in [0.2, 0.25) is 0 Å². The lowest BCUT2D eigenvalue weighted by Crippen LogP contribution is -2.42. The van der Waals surface area contributed by atoms with E-state index in [-0.39, 0.29) is 5.92 Å². The monoisotopic (exact) mass is 374 g/mol. The van der Waals surface area contributed by atoms with Gasteiger partial charge in [0.15, 0.2) is 23.2 Å². The zero-order valence-corrected chi connectivity index (χ0v) is 16.5. The van der Waals surface area contributed by atoms with E-state index in [0.29, 0.717) is 18.4 Å². The second-order valence-electron chi connectivity index (χ2n) is 6.90. The van der Waals surface area contributed by atoms with Crippen LogP contribution in [0.4, 0.5) is 13.2 Å². The molecule has 0 heterocycles. The largest absolute Gasteiger partial charge is 0.353 e. The summed E-state index contributed by atoms with van der Waals surface area (Å²) in [6.07, 6.45) is 8.77. The Morgan fingerprint density at radius 3 is 1.92 bits per heavy atom. The Morgan fingerprint density at radius 2 is 1.42 bits per heavy atom. The lowest BCUT2D eigenvalue weighted by Gasteiger charge is -2.38. The third-order valence-corrected chi connectivity index (χ3v) is 5.24. The number of halogens is 3. The molecule has 0 bridgehead atoms. The van der Waals surface area contributed by atoms with Crippen molar-refractivity contribution < 1.29 is 22.6 Å². The molecule has 0 radical (unpaired) electrons. The van der Waals surface area contributed by atoms with E-state index in [2.05, 4.69) is 6.92 Å². The van der Waals surface area contributed by atoms with Crippen LogP contribution >= 0.6 is 0 Å². The molecule has 0 N–H and O–H groups in total. The molecule has 1 aromatic carbocycles. The van der Waals surface area contributed by atoms with Crippen molar-refractivity contribution in [3.05, 3.63) is 35.1 Å². The molecule has 0 aromatic heterocycles. The quantitative estimate of drug-likeness (QED) is 0.226. The van der Waals surface area contributed by atoms with Gasteiger partial charge in [0, 0.05) is 20.1 Å². The van der Waals surface area contributed by atoms with Gasteiger partial charge >= 0.3 is 0 Å². The van der Waals surface area contributed by atoms with Crippen molar-refractivity contribution in [1.82, 2.24) is 0 Å². The highest BCUT2D eigenvalue weighted by atomic mass is 19.2. The Morgan fingerprint density at radius 1 is 0.885 bits per heavy atom. The van der Waals surface area contributed by atoms with E-state index < -0.39 is 23.2 Å². The number of rotatable bonds is 13. The molecule has 0 aliphatic rings. The Balaban J connectivity index is 2.87. The Hall–Kier alpha value is -1.07. The summed E-state index contributed by atoms with van der Waals surface area (Å²) in [7, 11) is 3.18. The molecule has 0 saturated carbocycles. The van der Waals surface area contributed by atoms with E-state index in [1.807, 2.05) is 6.92 Å². The predicted molar refractivity (Wildman–Crippen MR) is 98.5 cm³/mol. The molecule has 1 unspecified atom stereocenters. The molecule has 26 heavy (non-hydrogen) atoms. The van der Waals surface area contributed by atoms with Crippen molar-refractivity contribution in [2.75, 3.05) is 14.2 Å². The first-order chi connectivity index (χ1) is 12.4. The minimum Gasteiger partial charge on any atom is -0.353 e. The minimum absolute atomic E-state index is 0.0714. The van der Waals surface area contributed by atoms with E-state index in [9.17, 15) is 13.2 Å².